The molecule has 0 aliphatic rings. The Balaban J connectivity index is 1.99. The predicted molar refractivity (Wildman–Crippen MR) is 79.3 cm³/mol. The maximum atomic E-state index is 5.16. The van der Waals surface area contributed by atoms with Gasteiger partial charge in [-0.2, -0.15) is 0 Å². The molecule has 4 heteroatoms. The lowest BCUT2D eigenvalue weighted by molar-refractivity contribution is 0.413. The van der Waals surface area contributed by atoms with E-state index in [0.29, 0.717) is 0 Å². The number of ether oxygens (including phenoxy) is 2. The molecule has 0 bridgehead atoms. The van der Waals surface area contributed by atoms with E-state index in [9.17, 15) is 0 Å². The van der Waals surface area contributed by atoms with Crippen molar-refractivity contribution in [3.63, 3.8) is 0 Å². The second kappa shape index (κ2) is 5.71. The summed E-state index contributed by atoms with van der Waals surface area (Å²) in [6.07, 6.45) is 2.83. The summed E-state index contributed by atoms with van der Waals surface area (Å²) in [6, 6.07) is 15.4. The van der Waals surface area contributed by atoms with Crippen molar-refractivity contribution in [1.82, 2.24) is 5.16 Å². The fourth-order valence-electron chi connectivity index (χ4n) is 2.11. The SMILES string of the molecule is COc1ccc(-c2[c]onc2-c2ccc(OC)cc2)cc1. The Labute approximate surface area is 122 Å². The summed E-state index contributed by atoms with van der Waals surface area (Å²) >= 11 is 0. The molecule has 21 heavy (non-hydrogen) atoms. The Bertz CT molecular complexity index is 653. The van der Waals surface area contributed by atoms with Gasteiger partial charge in [0.2, 0.25) is 6.26 Å². The molecule has 3 rings (SSSR count). The summed E-state index contributed by atoms with van der Waals surface area (Å²) in [5.74, 6) is 1.61. The molecule has 1 radical (unpaired) electrons. The molecule has 1 aromatic heterocycles. The molecule has 4 nitrogen and oxygen atoms in total. The van der Waals surface area contributed by atoms with E-state index in [0.717, 1.165) is 33.9 Å². The van der Waals surface area contributed by atoms with Gasteiger partial charge in [-0.25, -0.2) is 0 Å². The fraction of sp³-hybridized carbons (Fsp3) is 0.118. The van der Waals surface area contributed by atoms with E-state index >= 15 is 0 Å². The van der Waals surface area contributed by atoms with Crippen molar-refractivity contribution in [2.75, 3.05) is 14.2 Å². The van der Waals surface area contributed by atoms with Crippen LogP contribution >= 0.6 is 0 Å². The first-order valence-corrected chi connectivity index (χ1v) is 6.48. The Morgan fingerprint density at radius 1 is 0.810 bits per heavy atom. The molecule has 3 aromatic rings. The summed E-state index contributed by atoms with van der Waals surface area (Å²) < 4.78 is 15.4. The summed E-state index contributed by atoms with van der Waals surface area (Å²) in [6.45, 7) is 0. The monoisotopic (exact) mass is 280 g/mol. The molecule has 0 atom stereocenters. The number of nitrogens with zero attached hydrogens (tertiary/aromatic N) is 1. The van der Waals surface area contributed by atoms with E-state index in [-0.39, 0.29) is 0 Å². The summed E-state index contributed by atoms with van der Waals surface area (Å²) in [5, 5.41) is 4.06. The molecular weight excluding hydrogens is 266 g/mol. The van der Waals surface area contributed by atoms with Gasteiger partial charge in [0.05, 0.1) is 19.8 Å². The lowest BCUT2D eigenvalue weighted by Crippen LogP contribution is -1.86. The second-order valence-electron chi connectivity index (χ2n) is 4.47. The maximum Gasteiger partial charge on any atom is 0.214 e. The van der Waals surface area contributed by atoms with Gasteiger partial charge in [0.25, 0.3) is 0 Å². The van der Waals surface area contributed by atoms with Crippen molar-refractivity contribution in [1.29, 1.82) is 0 Å². The molecule has 2 aromatic carbocycles. The minimum atomic E-state index is 0.753. The highest BCUT2D eigenvalue weighted by Gasteiger charge is 2.13. The van der Waals surface area contributed by atoms with Crippen LogP contribution < -0.4 is 9.47 Å². The molecular formula is C17H14NO3. The zero-order valence-electron chi connectivity index (χ0n) is 11.8. The third-order valence-corrected chi connectivity index (χ3v) is 3.26. The zero-order valence-corrected chi connectivity index (χ0v) is 11.8. The topological polar surface area (TPSA) is 44.5 Å². The summed E-state index contributed by atoms with van der Waals surface area (Å²) in [5.41, 5.74) is 3.50. The van der Waals surface area contributed by atoms with Crippen LogP contribution in [0, 0.1) is 6.26 Å². The Morgan fingerprint density at radius 2 is 1.33 bits per heavy atom. The van der Waals surface area contributed by atoms with E-state index in [1.165, 1.54) is 0 Å². The molecule has 0 saturated carbocycles. The standard InChI is InChI=1S/C17H14NO3/c1-19-14-7-3-12(4-8-14)16-11-21-18-17(16)13-5-9-15(20-2)10-6-13/h3-10H,1-2H3. The highest BCUT2D eigenvalue weighted by molar-refractivity contribution is 5.79. The highest BCUT2D eigenvalue weighted by Crippen LogP contribution is 2.32. The lowest BCUT2D eigenvalue weighted by atomic mass is 10.0. The Kier molecular flexibility index (Phi) is 3.60. The zero-order chi connectivity index (χ0) is 14.7. The van der Waals surface area contributed by atoms with Crippen LogP contribution in [0.2, 0.25) is 0 Å². The number of rotatable bonds is 4. The van der Waals surface area contributed by atoms with Gasteiger partial charge in [-0.3, -0.25) is 0 Å². The van der Waals surface area contributed by atoms with Crippen molar-refractivity contribution in [3.05, 3.63) is 54.8 Å². The molecule has 0 fully saturated rings. The minimum absolute atomic E-state index is 0.753. The van der Waals surface area contributed by atoms with Crippen LogP contribution in [0.3, 0.4) is 0 Å². The van der Waals surface area contributed by atoms with Gasteiger partial charge in [-0.15, -0.1) is 0 Å². The second-order valence-corrected chi connectivity index (χ2v) is 4.47. The van der Waals surface area contributed by atoms with Gasteiger partial charge < -0.3 is 14.0 Å². The fourth-order valence-corrected chi connectivity index (χ4v) is 2.11. The summed E-state index contributed by atoms with van der Waals surface area (Å²) in [7, 11) is 3.28. The van der Waals surface area contributed by atoms with Crippen molar-refractivity contribution in [3.8, 4) is 33.9 Å². The van der Waals surface area contributed by atoms with Crippen molar-refractivity contribution >= 4 is 0 Å². The normalized spacial score (nSPS) is 10.4. The first kappa shape index (κ1) is 13.2. The average molecular weight is 280 g/mol. The van der Waals surface area contributed by atoms with Crippen LogP contribution in [-0.4, -0.2) is 19.4 Å². The molecule has 1 heterocycles. The Hall–Kier alpha value is -2.75. The number of aromatic nitrogens is 1. The molecule has 0 saturated heterocycles. The lowest BCUT2D eigenvalue weighted by Gasteiger charge is -2.04. The first-order valence-electron chi connectivity index (χ1n) is 6.48. The van der Waals surface area contributed by atoms with Gasteiger partial charge in [0.15, 0.2) is 0 Å². The minimum Gasteiger partial charge on any atom is -0.497 e. The van der Waals surface area contributed by atoms with Crippen LogP contribution in [0.5, 0.6) is 11.5 Å². The van der Waals surface area contributed by atoms with E-state index in [1.807, 2.05) is 48.5 Å². The highest BCUT2D eigenvalue weighted by atomic mass is 16.5. The van der Waals surface area contributed by atoms with Crippen molar-refractivity contribution in [2.45, 2.75) is 0 Å². The first-order chi connectivity index (χ1) is 10.3. The number of hydrogen-bond donors (Lipinski definition) is 0. The van der Waals surface area contributed by atoms with E-state index in [2.05, 4.69) is 11.4 Å². The number of hydrogen-bond acceptors (Lipinski definition) is 4. The average Bonchev–Trinajstić information content (AvgIpc) is 3.04. The molecule has 0 aliphatic heterocycles. The van der Waals surface area contributed by atoms with E-state index in [4.69, 9.17) is 14.0 Å². The molecule has 0 amide bonds. The molecule has 105 valence electrons. The van der Waals surface area contributed by atoms with Crippen LogP contribution in [-0.2, 0) is 0 Å². The third-order valence-electron chi connectivity index (χ3n) is 3.26. The van der Waals surface area contributed by atoms with Crippen molar-refractivity contribution < 1.29 is 14.0 Å². The number of benzene rings is 2. The largest absolute Gasteiger partial charge is 0.497 e. The van der Waals surface area contributed by atoms with Gasteiger partial charge in [0, 0.05) is 5.56 Å². The van der Waals surface area contributed by atoms with Gasteiger partial charge in [0.1, 0.15) is 17.2 Å². The van der Waals surface area contributed by atoms with Crippen molar-refractivity contribution in [2.24, 2.45) is 0 Å². The van der Waals surface area contributed by atoms with Crippen LogP contribution in [0.25, 0.3) is 22.4 Å². The van der Waals surface area contributed by atoms with E-state index < -0.39 is 0 Å². The third kappa shape index (κ3) is 2.60. The maximum absolute atomic E-state index is 5.16. The quantitative estimate of drug-likeness (QED) is 0.728. The predicted octanol–water partition coefficient (Wildman–Crippen LogP) is 3.83. The molecule has 0 N–H and O–H groups in total. The van der Waals surface area contributed by atoms with Crippen LogP contribution in [0.4, 0.5) is 0 Å². The van der Waals surface area contributed by atoms with E-state index in [1.54, 1.807) is 14.2 Å². The molecule has 0 aliphatic carbocycles. The van der Waals surface area contributed by atoms with Crippen LogP contribution in [0.15, 0.2) is 53.1 Å². The van der Waals surface area contributed by atoms with Gasteiger partial charge in [-0.05, 0) is 42.0 Å². The van der Waals surface area contributed by atoms with Gasteiger partial charge >= 0.3 is 0 Å². The van der Waals surface area contributed by atoms with Gasteiger partial charge in [-0.1, -0.05) is 17.3 Å². The smallest absolute Gasteiger partial charge is 0.214 e. The molecule has 0 spiro atoms. The summed E-state index contributed by atoms with van der Waals surface area (Å²) in [4.78, 5) is 0. The molecule has 0 unspecified atom stereocenters. The number of methoxy groups -OCH3 is 2. The Morgan fingerprint density at radius 3 is 1.86 bits per heavy atom. The van der Waals surface area contributed by atoms with Crippen LogP contribution in [0.1, 0.15) is 0 Å².